The number of rotatable bonds is 5. The SMILES string of the molecule is Cn1ccc2cc([C@@H](O)CNC(=O)C(=O)Nc3ccc(OC(F)(F)F)cc3)ccc21. The third-order valence-corrected chi connectivity index (χ3v) is 4.30. The molecule has 0 fully saturated rings. The van der Waals surface area contributed by atoms with Crippen LogP contribution in [0.4, 0.5) is 18.9 Å². The summed E-state index contributed by atoms with van der Waals surface area (Å²) in [5.74, 6) is -2.47. The Morgan fingerprint density at radius 3 is 2.47 bits per heavy atom. The zero-order valence-corrected chi connectivity index (χ0v) is 15.7. The number of hydrogen-bond donors (Lipinski definition) is 3. The van der Waals surface area contributed by atoms with Gasteiger partial charge in [0.15, 0.2) is 0 Å². The van der Waals surface area contributed by atoms with Crippen LogP contribution in [0.15, 0.2) is 54.7 Å². The summed E-state index contributed by atoms with van der Waals surface area (Å²) < 4.78 is 42.1. The number of aliphatic hydroxyl groups excluding tert-OH is 1. The molecule has 7 nitrogen and oxygen atoms in total. The van der Waals surface area contributed by atoms with Crippen molar-refractivity contribution < 1.29 is 32.6 Å². The van der Waals surface area contributed by atoms with Crippen LogP contribution in [0.1, 0.15) is 11.7 Å². The molecule has 1 atom stereocenters. The van der Waals surface area contributed by atoms with Gasteiger partial charge in [-0.05, 0) is 53.4 Å². The monoisotopic (exact) mass is 421 g/mol. The van der Waals surface area contributed by atoms with E-state index >= 15 is 0 Å². The molecule has 0 aliphatic carbocycles. The minimum Gasteiger partial charge on any atom is -0.406 e. The Hall–Kier alpha value is -3.53. The van der Waals surface area contributed by atoms with Gasteiger partial charge in [-0.15, -0.1) is 13.2 Å². The summed E-state index contributed by atoms with van der Waals surface area (Å²) in [5, 5.41) is 15.8. The van der Waals surface area contributed by atoms with Gasteiger partial charge in [-0.25, -0.2) is 0 Å². The highest BCUT2D eigenvalue weighted by Gasteiger charge is 2.31. The van der Waals surface area contributed by atoms with Crippen molar-refractivity contribution in [2.24, 2.45) is 7.05 Å². The van der Waals surface area contributed by atoms with Crippen molar-refractivity contribution in [1.29, 1.82) is 0 Å². The van der Waals surface area contributed by atoms with E-state index in [4.69, 9.17) is 0 Å². The van der Waals surface area contributed by atoms with Gasteiger partial charge in [0.05, 0.1) is 6.10 Å². The van der Waals surface area contributed by atoms with Crippen LogP contribution >= 0.6 is 0 Å². The lowest BCUT2D eigenvalue weighted by atomic mass is 10.1. The van der Waals surface area contributed by atoms with Crippen molar-refractivity contribution in [3.8, 4) is 5.75 Å². The number of fused-ring (bicyclic) bond motifs is 1. The molecule has 1 aromatic heterocycles. The normalized spacial score (nSPS) is 12.4. The van der Waals surface area contributed by atoms with Crippen LogP contribution in [0.5, 0.6) is 5.75 Å². The van der Waals surface area contributed by atoms with Gasteiger partial charge in [0.2, 0.25) is 0 Å². The van der Waals surface area contributed by atoms with E-state index in [0.717, 1.165) is 35.2 Å². The predicted octanol–water partition coefficient (Wildman–Crippen LogP) is 2.87. The number of carbonyl (C=O) groups excluding carboxylic acids is 2. The molecule has 0 radical (unpaired) electrons. The first-order valence-electron chi connectivity index (χ1n) is 8.80. The van der Waals surface area contributed by atoms with Gasteiger partial charge in [-0.2, -0.15) is 0 Å². The number of nitrogens with zero attached hydrogens (tertiary/aromatic N) is 1. The molecule has 0 saturated heterocycles. The summed E-state index contributed by atoms with van der Waals surface area (Å²) in [6.07, 6.45) is -3.96. The molecule has 3 aromatic rings. The number of nitrogens with one attached hydrogen (secondary N) is 2. The average molecular weight is 421 g/mol. The topological polar surface area (TPSA) is 92.6 Å². The Morgan fingerprint density at radius 1 is 1.10 bits per heavy atom. The number of aryl methyl sites for hydroxylation is 1. The van der Waals surface area contributed by atoms with E-state index in [2.05, 4.69) is 15.4 Å². The van der Waals surface area contributed by atoms with Crippen LogP contribution in [-0.4, -0.2) is 34.4 Å². The molecule has 0 bridgehead atoms. The molecule has 0 spiro atoms. The third-order valence-electron chi connectivity index (χ3n) is 4.30. The van der Waals surface area contributed by atoms with E-state index in [9.17, 15) is 27.9 Å². The van der Waals surface area contributed by atoms with E-state index in [-0.39, 0.29) is 12.2 Å². The second kappa shape index (κ2) is 8.46. The van der Waals surface area contributed by atoms with Crippen molar-refractivity contribution in [3.05, 3.63) is 60.3 Å². The number of carbonyl (C=O) groups is 2. The van der Waals surface area contributed by atoms with E-state index in [1.807, 2.05) is 29.9 Å². The van der Waals surface area contributed by atoms with Gasteiger partial charge in [-0.3, -0.25) is 9.59 Å². The van der Waals surface area contributed by atoms with E-state index in [1.165, 1.54) is 0 Å². The molecule has 10 heteroatoms. The summed E-state index contributed by atoms with van der Waals surface area (Å²) in [6.45, 7) is -0.192. The highest BCUT2D eigenvalue weighted by molar-refractivity contribution is 6.39. The number of ether oxygens (including phenoxy) is 1. The number of hydrogen-bond acceptors (Lipinski definition) is 4. The minimum absolute atomic E-state index is 0.111. The lowest BCUT2D eigenvalue weighted by Crippen LogP contribution is -2.37. The summed E-state index contributed by atoms with van der Waals surface area (Å²) in [5.41, 5.74) is 1.68. The van der Waals surface area contributed by atoms with Gasteiger partial charge in [-0.1, -0.05) is 6.07 Å². The second-order valence-corrected chi connectivity index (χ2v) is 6.50. The quantitative estimate of drug-likeness (QED) is 0.553. The lowest BCUT2D eigenvalue weighted by Gasteiger charge is -2.13. The molecular formula is C20H18F3N3O4. The van der Waals surface area contributed by atoms with Crippen molar-refractivity contribution in [1.82, 2.24) is 9.88 Å². The molecule has 1 heterocycles. The van der Waals surface area contributed by atoms with Crippen molar-refractivity contribution in [2.75, 3.05) is 11.9 Å². The number of alkyl halides is 3. The smallest absolute Gasteiger partial charge is 0.406 e. The van der Waals surface area contributed by atoms with Gasteiger partial charge >= 0.3 is 18.2 Å². The lowest BCUT2D eigenvalue weighted by molar-refractivity contribution is -0.274. The summed E-state index contributed by atoms with van der Waals surface area (Å²) >= 11 is 0. The molecule has 30 heavy (non-hydrogen) atoms. The zero-order chi connectivity index (χ0) is 21.9. The Bertz CT molecular complexity index is 1060. The Balaban J connectivity index is 1.52. The molecule has 0 saturated carbocycles. The highest BCUT2D eigenvalue weighted by Crippen LogP contribution is 2.24. The molecule has 3 rings (SSSR count). The first kappa shape index (κ1) is 21.2. The summed E-state index contributed by atoms with van der Waals surface area (Å²) in [4.78, 5) is 23.9. The molecular weight excluding hydrogens is 403 g/mol. The van der Waals surface area contributed by atoms with E-state index in [0.29, 0.717) is 5.56 Å². The molecule has 3 N–H and O–H groups in total. The van der Waals surface area contributed by atoms with Gasteiger partial charge in [0.25, 0.3) is 0 Å². The maximum absolute atomic E-state index is 12.1. The van der Waals surface area contributed by atoms with Crippen LogP contribution < -0.4 is 15.4 Å². The number of amides is 2. The molecule has 0 unspecified atom stereocenters. The molecule has 2 aromatic carbocycles. The average Bonchev–Trinajstić information content (AvgIpc) is 3.06. The Kier molecular flexibility index (Phi) is 5.97. The van der Waals surface area contributed by atoms with Gasteiger partial charge in [0.1, 0.15) is 5.75 Å². The minimum atomic E-state index is -4.82. The van der Waals surface area contributed by atoms with Crippen molar-refractivity contribution in [3.63, 3.8) is 0 Å². The first-order chi connectivity index (χ1) is 14.1. The fraction of sp³-hybridized carbons (Fsp3) is 0.200. The number of benzene rings is 2. The van der Waals surface area contributed by atoms with Crippen molar-refractivity contribution in [2.45, 2.75) is 12.5 Å². The molecule has 158 valence electrons. The van der Waals surface area contributed by atoms with E-state index < -0.39 is 30.0 Å². The Labute approximate surface area is 169 Å². The largest absolute Gasteiger partial charge is 0.573 e. The predicted molar refractivity (Wildman–Crippen MR) is 103 cm³/mol. The second-order valence-electron chi connectivity index (χ2n) is 6.50. The summed E-state index contributed by atoms with van der Waals surface area (Å²) in [7, 11) is 1.90. The highest BCUT2D eigenvalue weighted by atomic mass is 19.4. The van der Waals surface area contributed by atoms with Crippen LogP contribution in [0.25, 0.3) is 10.9 Å². The van der Waals surface area contributed by atoms with Crippen molar-refractivity contribution >= 4 is 28.4 Å². The number of aliphatic hydroxyl groups is 1. The van der Waals surface area contributed by atoms with Crippen LogP contribution in [0, 0.1) is 0 Å². The maximum Gasteiger partial charge on any atom is 0.573 e. The van der Waals surface area contributed by atoms with E-state index in [1.54, 1.807) is 12.1 Å². The van der Waals surface area contributed by atoms with Gasteiger partial charge < -0.3 is 25.0 Å². The maximum atomic E-state index is 12.1. The first-order valence-corrected chi connectivity index (χ1v) is 8.80. The Morgan fingerprint density at radius 2 is 1.80 bits per heavy atom. The zero-order valence-electron chi connectivity index (χ0n) is 15.7. The van der Waals surface area contributed by atoms with Crippen LogP contribution in [0.2, 0.25) is 0 Å². The third kappa shape index (κ3) is 5.29. The summed E-state index contributed by atoms with van der Waals surface area (Å²) in [6, 6.07) is 11.6. The fourth-order valence-corrected chi connectivity index (χ4v) is 2.82. The molecule has 2 amide bonds. The standard InChI is InChI=1S/C20H18F3N3O4/c1-26-9-8-12-10-13(2-7-16(12)26)17(27)11-24-18(28)19(29)25-14-3-5-15(6-4-14)30-20(21,22)23/h2-10,17,27H,11H2,1H3,(H,24,28)(H,25,29)/t17-/m0/s1. The number of halogens is 3. The molecule has 0 aliphatic rings. The number of aromatic nitrogens is 1. The fourth-order valence-electron chi connectivity index (χ4n) is 2.82. The number of anilines is 1. The molecule has 0 aliphatic heterocycles. The van der Waals surface area contributed by atoms with Crippen LogP contribution in [0.3, 0.4) is 0 Å². The van der Waals surface area contributed by atoms with Gasteiger partial charge in [0, 0.05) is 31.0 Å². The van der Waals surface area contributed by atoms with Crippen LogP contribution in [-0.2, 0) is 16.6 Å².